The number of hydrogen-bond acceptors (Lipinski definition) is 4. The van der Waals surface area contributed by atoms with Gasteiger partial charge in [-0.1, -0.05) is 6.08 Å². The van der Waals surface area contributed by atoms with Crippen LogP contribution in [0, 0.1) is 0 Å². The zero-order valence-electron chi connectivity index (χ0n) is 8.58. The van der Waals surface area contributed by atoms with Crippen LogP contribution >= 0.6 is 11.3 Å². The first-order valence-corrected chi connectivity index (χ1v) is 6.61. The highest BCUT2D eigenvalue weighted by Crippen LogP contribution is 2.24. The lowest BCUT2D eigenvalue weighted by atomic mass is 10.5. The van der Waals surface area contributed by atoms with E-state index in [-0.39, 0.29) is 16.3 Å². The Hall–Kier alpha value is -1.18. The highest BCUT2D eigenvalue weighted by molar-refractivity contribution is 7.89. The smallest absolute Gasteiger partial charge is 0.347 e. The van der Waals surface area contributed by atoms with Gasteiger partial charge in [0.25, 0.3) is 0 Å². The predicted molar refractivity (Wildman–Crippen MR) is 61.3 cm³/mol. The fourth-order valence-electron chi connectivity index (χ4n) is 1.10. The summed E-state index contributed by atoms with van der Waals surface area (Å²) in [5.74, 6) is -1.24. The van der Waals surface area contributed by atoms with Gasteiger partial charge in [-0.15, -0.1) is 17.9 Å². The minimum atomic E-state index is -3.74. The van der Waals surface area contributed by atoms with Gasteiger partial charge in [-0.05, 0) is 11.4 Å². The third-order valence-corrected chi connectivity index (χ3v) is 4.80. The van der Waals surface area contributed by atoms with E-state index in [4.69, 9.17) is 5.11 Å². The molecule has 1 aromatic heterocycles. The van der Waals surface area contributed by atoms with Crippen LogP contribution in [0.2, 0.25) is 0 Å². The van der Waals surface area contributed by atoms with Crippen LogP contribution in [0.1, 0.15) is 9.67 Å². The van der Waals surface area contributed by atoms with Crippen LogP contribution in [0.5, 0.6) is 0 Å². The van der Waals surface area contributed by atoms with Crippen LogP contribution in [0.4, 0.5) is 0 Å². The number of hydrogen-bond donors (Lipinski definition) is 1. The molecule has 0 saturated carbocycles. The first-order chi connectivity index (χ1) is 7.41. The summed E-state index contributed by atoms with van der Waals surface area (Å²) in [5, 5.41) is 10.3. The largest absolute Gasteiger partial charge is 0.477 e. The van der Waals surface area contributed by atoms with Crippen LogP contribution < -0.4 is 0 Å². The molecular formula is C9H11NO4S2. The lowest BCUT2D eigenvalue weighted by Crippen LogP contribution is -2.27. The molecule has 88 valence electrons. The standard InChI is InChI=1S/C9H11NO4S2/c1-3-5-10(2)16(13,14)7-4-6-15-8(7)9(11)12/h3-4,6H,1,5H2,2H3,(H,11,12). The molecule has 7 heteroatoms. The van der Waals surface area contributed by atoms with E-state index >= 15 is 0 Å². The molecule has 1 heterocycles. The summed E-state index contributed by atoms with van der Waals surface area (Å²) in [5.41, 5.74) is 0. The normalized spacial score (nSPS) is 11.6. The van der Waals surface area contributed by atoms with Crippen molar-refractivity contribution >= 4 is 27.3 Å². The molecule has 5 nitrogen and oxygen atoms in total. The average Bonchev–Trinajstić information content (AvgIpc) is 2.66. The molecule has 0 unspecified atom stereocenters. The Morgan fingerprint density at radius 1 is 1.69 bits per heavy atom. The number of carbonyl (C=O) groups is 1. The second-order valence-electron chi connectivity index (χ2n) is 2.99. The van der Waals surface area contributed by atoms with Gasteiger partial charge >= 0.3 is 5.97 Å². The molecule has 0 aliphatic heterocycles. The number of thiophene rings is 1. The van der Waals surface area contributed by atoms with Gasteiger partial charge in [0.2, 0.25) is 10.0 Å². The van der Waals surface area contributed by atoms with Gasteiger partial charge in [0.1, 0.15) is 9.77 Å². The fourth-order valence-corrected chi connectivity index (χ4v) is 3.48. The van der Waals surface area contributed by atoms with Crippen molar-refractivity contribution in [3.05, 3.63) is 29.0 Å². The lowest BCUT2D eigenvalue weighted by molar-refractivity contribution is 0.0698. The van der Waals surface area contributed by atoms with Crippen molar-refractivity contribution in [2.45, 2.75) is 4.90 Å². The van der Waals surface area contributed by atoms with Crippen LogP contribution in [0.25, 0.3) is 0 Å². The Morgan fingerprint density at radius 2 is 2.31 bits per heavy atom. The van der Waals surface area contributed by atoms with E-state index in [9.17, 15) is 13.2 Å². The molecule has 0 aliphatic rings. The number of nitrogens with zero attached hydrogens (tertiary/aromatic N) is 1. The Balaban J connectivity index is 3.22. The quantitative estimate of drug-likeness (QED) is 0.809. The summed E-state index contributed by atoms with van der Waals surface area (Å²) >= 11 is 0.889. The van der Waals surface area contributed by atoms with E-state index in [0.29, 0.717) is 0 Å². The van der Waals surface area contributed by atoms with Crippen molar-refractivity contribution in [2.75, 3.05) is 13.6 Å². The number of rotatable bonds is 5. The summed E-state index contributed by atoms with van der Waals surface area (Å²) in [6.07, 6.45) is 1.43. The van der Waals surface area contributed by atoms with Gasteiger partial charge < -0.3 is 5.11 Å². The van der Waals surface area contributed by atoms with Crippen molar-refractivity contribution in [3.8, 4) is 0 Å². The number of carboxylic acid groups (broad SMARTS) is 1. The molecule has 0 aromatic carbocycles. The molecule has 0 saturated heterocycles. The molecule has 0 spiro atoms. The monoisotopic (exact) mass is 261 g/mol. The van der Waals surface area contributed by atoms with Crippen molar-refractivity contribution in [3.63, 3.8) is 0 Å². The lowest BCUT2D eigenvalue weighted by Gasteiger charge is -2.14. The van der Waals surface area contributed by atoms with E-state index in [1.54, 1.807) is 0 Å². The Labute approximate surface area is 97.7 Å². The van der Waals surface area contributed by atoms with Crippen molar-refractivity contribution < 1.29 is 18.3 Å². The molecule has 0 radical (unpaired) electrons. The van der Waals surface area contributed by atoms with Crippen molar-refractivity contribution in [2.24, 2.45) is 0 Å². The molecule has 1 aromatic rings. The van der Waals surface area contributed by atoms with E-state index in [1.807, 2.05) is 0 Å². The highest BCUT2D eigenvalue weighted by Gasteiger charge is 2.26. The predicted octanol–water partition coefficient (Wildman–Crippen LogP) is 1.25. The van der Waals surface area contributed by atoms with E-state index in [0.717, 1.165) is 15.6 Å². The van der Waals surface area contributed by atoms with Crippen LogP contribution in [0.3, 0.4) is 0 Å². The maximum atomic E-state index is 11.9. The molecule has 0 aliphatic carbocycles. The number of sulfonamides is 1. The maximum absolute atomic E-state index is 11.9. The van der Waals surface area contributed by atoms with E-state index in [2.05, 4.69) is 6.58 Å². The molecule has 1 rings (SSSR count). The number of carboxylic acids is 1. The van der Waals surface area contributed by atoms with Gasteiger partial charge in [-0.2, -0.15) is 4.31 Å². The Kier molecular flexibility index (Phi) is 3.84. The summed E-state index contributed by atoms with van der Waals surface area (Å²) in [6.45, 7) is 3.57. The molecule has 0 bridgehead atoms. The van der Waals surface area contributed by atoms with E-state index in [1.165, 1.54) is 24.6 Å². The average molecular weight is 261 g/mol. The van der Waals surface area contributed by atoms with Gasteiger partial charge in [0, 0.05) is 13.6 Å². The van der Waals surface area contributed by atoms with Crippen molar-refractivity contribution in [1.82, 2.24) is 4.31 Å². The summed E-state index contributed by atoms with van der Waals surface area (Å²) < 4.78 is 24.9. The topological polar surface area (TPSA) is 74.7 Å². The van der Waals surface area contributed by atoms with Gasteiger partial charge in [-0.3, -0.25) is 0 Å². The summed E-state index contributed by atoms with van der Waals surface area (Å²) in [4.78, 5) is 10.5. The zero-order chi connectivity index (χ0) is 12.3. The Bertz CT molecular complexity index is 503. The second-order valence-corrected chi connectivity index (χ2v) is 5.92. The minimum Gasteiger partial charge on any atom is -0.477 e. The first kappa shape index (κ1) is 12.9. The van der Waals surface area contributed by atoms with Gasteiger partial charge in [0.15, 0.2) is 0 Å². The summed E-state index contributed by atoms with van der Waals surface area (Å²) in [7, 11) is -2.37. The molecule has 0 amide bonds. The molecular weight excluding hydrogens is 250 g/mol. The molecule has 0 atom stereocenters. The molecule has 0 fully saturated rings. The van der Waals surface area contributed by atoms with Crippen molar-refractivity contribution in [1.29, 1.82) is 0 Å². The number of likely N-dealkylation sites (N-methyl/N-ethyl adjacent to an activating group) is 1. The van der Waals surface area contributed by atoms with Gasteiger partial charge in [-0.25, -0.2) is 13.2 Å². The van der Waals surface area contributed by atoms with Crippen LogP contribution in [-0.4, -0.2) is 37.4 Å². The van der Waals surface area contributed by atoms with E-state index < -0.39 is 16.0 Å². The molecule has 16 heavy (non-hydrogen) atoms. The number of aromatic carboxylic acids is 1. The van der Waals surface area contributed by atoms with Crippen LogP contribution in [0.15, 0.2) is 29.0 Å². The third-order valence-electron chi connectivity index (χ3n) is 1.90. The second kappa shape index (κ2) is 4.77. The zero-order valence-corrected chi connectivity index (χ0v) is 10.2. The molecule has 1 N–H and O–H groups in total. The van der Waals surface area contributed by atoms with Crippen LogP contribution in [-0.2, 0) is 10.0 Å². The third kappa shape index (κ3) is 2.31. The maximum Gasteiger partial charge on any atom is 0.347 e. The Morgan fingerprint density at radius 3 is 2.81 bits per heavy atom. The minimum absolute atomic E-state index is 0.136. The summed E-state index contributed by atoms with van der Waals surface area (Å²) in [6, 6.07) is 1.29. The highest BCUT2D eigenvalue weighted by atomic mass is 32.2. The first-order valence-electron chi connectivity index (χ1n) is 4.29. The van der Waals surface area contributed by atoms with Gasteiger partial charge in [0.05, 0.1) is 0 Å². The fraction of sp³-hybridized carbons (Fsp3) is 0.222. The SMILES string of the molecule is C=CCN(C)S(=O)(=O)c1ccsc1C(=O)O.